The summed E-state index contributed by atoms with van der Waals surface area (Å²) in [5.41, 5.74) is -0.855. The molecule has 0 fully saturated rings. The molecule has 12 heteroatoms. The number of sulfonamides is 1. The van der Waals surface area contributed by atoms with Gasteiger partial charge in [-0.25, -0.2) is 8.42 Å². The van der Waals surface area contributed by atoms with Crippen LogP contribution in [0.3, 0.4) is 0 Å². The molecule has 3 aromatic carbocycles. The van der Waals surface area contributed by atoms with Gasteiger partial charge < -0.3 is 10.1 Å². The molecule has 3 aromatic rings. The van der Waals surface area contributed by atoms with Crippen molar-refractivity contribution < 1.29 is 31.1 Å². The first-order chi connectivity index (χ1) is 15.4. The van der Waals surface area contributed by atoms with Gasteiger partial charge in [0.05, 0.1) is 21.2 Å². The van der Waals surface area contributed by atoms with E-state index >= 15 is 0 Å². The molecule has 0 heterocycles. The zero-order valence-corrected chi connectivity index (χ0v) is 18.8. The lowest BCUT2D eigenvalue weighted by Gasteiger charge is -2.12. The number of hydrogen-bond acceptors (Lipinski definition) is 4. The van der Waals surface area contributed by atoms with Crippen LogP contribution in [0.4, 0.5) is 24.5 Å². The summed E-state index contributed by atoms with van der Waals surface area (Å²) in [5.74, 6) is -0.581. The molecule has 0 aliphatic carbocycles. The van der Waals surface area contributed by atoms with Crippen molar-refractivity contribution in [3.63, 3.8) is 0 Å². The molecule has 3 rings (SSSR count). The van der Waals surface area contributed by atoms with E-state index in [0.717, 1.165) is 12.1 Å². The normalized spacial score (nSPS) is 11.7. The summed E-state index contributed by atoms with van der Waals surface area (Å²) in [7, 11) is -3.87. The number of ether oxygens (including phenoxy) is 1. The van der Waals surface area contributed by atoms with Crippen LogP contribution < -0.4 is 14.8 Å². The van der Waals surface area contributed by atoms with E-state index < -0.39 is 34.3 Å². The van der Waals surface area contributed by atoms with Gasteiger partial charge in [-0.15, -0.1) is 0 Å². The standard InChI is InChI=1S/C21H15Cl2F3N2O4S/c22-14-2-4-15(5-3-14)28-33(30,31)17-8-6-16(7-9-17)32-12-20(29)27-19-11-13(21(24,25)26)1-10-18(19)23/h1-11,28H,12H2,(H,27,29). The van der Waals surface area contributed by atoms with E-state index in [1.807, 2.05) is 0 Å². The van der Waals surface area contributed by atoms with Crippen LogP contribution in [0.15, 0.2) is 71.6 Å². The minimum atomic E-state index is -4.59. The number of alkyl halides is 3. The van der Waals surface area contributed by atoms with E-state index in [0.29, 0.717) is 16.8 Å². The lowest BCUT2D eigenvalue weighted by atomic mass is 10.2. The van der Waals surface area contributed by atoms with Crippen molar-refractivity contribution in [3.8, 4) is 5.75 Å². The van der Waals surface area contributed by atoms with Crippen LogP contribution in [-0.2, 0) is 21.0 Å². The second kappa shape index (κ2) is 9.90. The Bertz CT molecular complexity index is 1250. The van der Waals surface area contributed by atoms with Gasteiger partial charge in [-0.3, -0.25) is 9.52 Å². The molecule has 174 valence electrons. The molecule has 0 saturated carbocycles. The van der Waals surface area contributed by atoms with Crippen molar-refractivity contribution in [2.75, 3.05) is 16.6 Å². The Morgan fingerprint density at radius 2 is 1.58 bits per heavy atom. The van der Waals surface area contributed by atoms with Gasteiger partial charge in [0.1, 0.15) is 5.75 Å². The van der Waals surface area contributed by atoms with Crippen molar-refractivity contribution in [3.05, 3.63) is 82.3 Å². The number of benzene rings is 3. The molecule has 1 amide bonds. The zero-order chi connectivity index (χ0) is 24.2. The van der Waals surface area contributed by atoms with E-state index in [2.05, 4.69) is 10.0 Å². The third kappa shape index (κ3) is 6.77. The summed E-state index contributed by atoms with van der Waals surface area (Å²) in [6.45, 7) is -0.540. The average Bonchev–Trinajstić information content (AvgIpc) is 2.75. The van der Waals surface area contributed by atoms with Gasteiger partial charge in [0, 0.05) is 10.7 Å². The van der Waals surface area contributed by atoms with E-state index in [4.69, 9.17) is 27.9 Å². The van der Waals surface area contributed by atoms with Gasteiger partial charge in [-0.2, -0.15) is 13.2 Å². The maximum Gasteiger partial charge on any atom is 0.416 e. The van der Waals surface area contributed by atoms with Gasteiger partial charge in [-0.05, 0) is 66.7 Å². The van der Waals surface area contributed by atoms with E-state index in [1.54, 1.807) is 0 Å². The Morgan fingerprint density at radius 1 is 0.939 bits per heavy atom. The van der Waals surface area contributed by atoms with Crippen LogP contribution in [0.5, 0.6) is 5.75 Å². The number of nitrogens with one attached hydrogen (secondary N) is 2. The van der Waals surface area contributed by atoms with Gasteiger partial charge in [0.2, 0.25) is 0 Å². The quantitative estimate of drug-likeness (QED) is 0.412. The number of rotatable bonds is 7. The highest BCUT2D eigenvalue weighted by atomic mass is 35.5. The maximum absolute atomic E-state index is 12.8. The number of carbonyl (C=O) groups excluding carboxylic acids is 1. The summed E-state index contributed by atoms with van der Waals surface area (Å²) < 4.78 is 71.1. The molecule has 0 aliphatic rings. The minimum Gasteiger partial charge on any atom is -0.484 e. The first-order valence-electron chi connectivity index (χ1n) is 9.12. The van der Waals surface area contributed by atoms with Crippen molar-refractivity contribution in [1.82, 2.24) is 0 Å². The molecule has 0 bridgehead atoms. The molecule has 0 spiro atoms. The third-order valence-corrected chi connectivity index (χ3v) is 6.15. The Morgan fingerprint density at radius 3 is 2.18 bits per heavy atom. The molecule has 0 aliphatic heterocycles. The molecule has 0 unspecified atom stereocenters. The van der Waals surface area contributed by atoms with Crippen molar-refractivity contribution >= 4 is 50.5 Å². The Hall–Kier alpha value is -2.95. The second-order valence-corrected chi connectivity index (χ2v) is 9.14. The smallest absolute Gasteiger partial charge is 0.416 e. The maximum atomic E-state index is 12.8. The highest BCUT2D eigenvalue weighted by Gasteiger charge is 2.31. The molecule has 0 radical (unpaired) electrons. The van der Waals surface area contributed by atoms with Crippen molar-refractivity contribution in [1.29, 1.82) is 0 Å². The van der Waals surface area contributed by atoms with E-state index in [9.17, 15) is 26.4 Å². The fourth-order valence-electron chi connectivity index (χ4n) is 2.58. The summed E-state index contributed by atoms with van der Waals surface area (Å²) in [5, 5.41) is 2.64. The van der Waals surface area contributed by atoms with Gasteiger partial charge in [0.25, 0.3) is 15.9 Å². The molecule has 0 atom stereocenters. The lowest BCUT2D eigenvalue weighted by Crippen LogP contribution is -2.21. The number of halogens is 5. The number of hydrogen-bond donors (Lipinski definition) is 2. The van der Waals surface area contributed by atoms with Gasteiger partial charge in [-0.1, -0.05) is 23.2 Å². The number of carbonyl (C=O) groups is 1. The van der Waals surface area contributed by atoms with Crippen LogP contribution >= 0.6 is 23.2 Å². The fourth-order valence-corrected chi connectivity index (χ4v) is 3.93. The van der Waals surface area contributed by atoms with Crippen LogP contribution in [0.2, 0.25) is 10.0 Å². The highest BCUT2D eigenvalue weighted by molar-refractivity contribution is 7.92. The van der Waals surface area contributed by atoms with Crippen molar-refractivity contribution in [2.24, 2.45) is 0 Å². The minimum absolute atomic E-state index is 0.0509. The largest absolute Gasteiger partial charge is 0.484 e. The molecular formula is C21H15Cl2F3N2O4S. The SMILES string of the molecule is O=C(COc1ccc(S(=O)(=O)Nc2ccc(Cl)cc2)cc1)Nc1cc(C(F)(F)F)ccc1Cl. The summed E-state index contributed by atoms with van der Waals surface area (Å²) in [4.78, 5) is 12.0. The first kappa shape index (κ1) is 24.7. The monoisotopic (exact) mass is 518 g/mol. The Kier molecular flexibility index (Phi) is 7.41. The zero-order valence-electron chi connectivity index (χ0n) is 16.5. The van der Waals surface area contributed by atoms with E-state index in [1.165, 1.54) is 48.5 Å². The Balaban J connectivity index is 1.60. The predicted molar refractivity (Wildman–Crippen MR) is 119 cm³/mol. The molecule has 0 saturated heterocycles. The van der Waals surface area contributed by atoms with Crippen LogP contribution in [0.25, 0.3) is 0 Å². The Labute approximate surface area is 197 Å². The molecule has 33 heavy (non-hydrogen) atoms. The van der Waals surface area contributed by atoms with Crippen LogP contribution in [-0.4, -0.2) is 20.9 Å². The van der Waals surface area contributed by atoms with Crippen LogP contribution in [0, 0.1) is 0 Å². The lowest BCUT2D eigenvalue weighted by molar-refractivity contribution is -0.137. The second-order valence-electron chi connectivity index (χ2n) is 6.61. The highest BCUT2D eigenvalue weighted by Crippen LogP contribution is 2.33. The van der Waals surface area contributed by atoms with Gasteiger partial charge >= 0.3 is 6.18 Å². The van der Waals surface area contributed by atoms with Crippen molar-refractivity contribution in [2.45, 2.75) is 11.1 Å². The molecular weight excluding hydrogens is 504 g/mol. The number of amides is 1. The van der Waals surface area contributed by atoms with Gasteiger partial charge in [0.15, 0.2) is 6.61 Å². The van der Waals surface area contributed by atoms with Crippen LogP contribution in [0.1, 0.15) is 5.56 Å². The topological polar surface area (TPSA) is 84.5 Å². The first-order valence-corrected chi connectivity index (χ1v) is 11.4. The predicted octanol–water partition coefficient (Wildman–Crippen LogP) is 5.83. The number of anilines is 2. The summed E-state index contributed by atoms with van der Waals surface area (Å²) >= 11 is 11.6. The van der Waals surface area contributed by atoms with E-state index in [-0.39, 0.29) is 21.4 Å². The third-order valence-electron chi connectivity index (χ3n) is 4.17. The fraction of sp³-hybridized carbons (Fsp3) is 0.0952. The molecule has 2 N–H and O–H groups in total. The summed E-state index contributed by atoms with van der Waals surface area (Å²) in [6, 6.07) is 13.8. The summed E-state index contributed by atoms with van der Waals surface area (Å²) in [6.07, 6.45) is -4.59. The molecule has 6 nitrogen and oxygen atoms in total. The molecule has 0 aromatic heterocycles. The average molecular weight is 519 g/mol.